The van der Waals surface area contributed by atoms with Gasteiger partial charge in [-0.1, -0.05) is 200 Å². The lowest BCUT2D eigenvalue weighted by atomic mass is 9.92. The molecule has 13 rings (SSSR count). The fraction of sp³-hybridized carbons (Fsp3) is 0. The molecular weight excluding hydrogens is 799 g/mol. The lowest BCUT2D eigenvalue weighted by molar-refractivity contribution is 0.670. The first-order chi connectivity index (χ1) is 32.7. The van der Waals surface area contributed by atoms with Crippen LogP contribution in [0.2, 0.25) is 0 Å². The Morgan fingerprint density at radius 1 is 0.273 bits per heavy atom. The fourth-order valence-corrected chi connectivity index (χ4v) is 10.3. The van der Waals surface area contributed by atoms with Gasteiger partial charge in [0.15, 0.2) is 0 Å². The third-order valence-electron chi connectivity index (χ3n) is 13.5. The van der Waals surface area contributed by atoms with E-state index in [-0.39, 0.29) is 0 Å². The van der Waals surface area contributed by atoms with E-state index in [4.69, 9.17) is 4.42 Å². The van der Waals surface area contributed by atoms with E-state index in [0.29, 0.717) is 0 Å². The maximum atomic E-state index is 6.93. The molecule has 0 aliphatic carbocycles. The lowest BCUT2D eigenvalue weighted by Crippen LogP contribution is -2.11. The zero-order valence-corrected chi connectivity index (χ0v) is 36.0. The third kappa shape index (κ3) is 6.26. The first-order valence-electron chi connectivity index (χ1n) is 22.7. The van der Waals surface area contributed by atoms with Gasteiger partial charge in [-0.3, -0.25) is 0 Å². The van der Waals surface area contributed by atoms with Gasteiger partial charge in [0.2, 0.25) is 0 Å². The van der Waals surface area contributed by atoms with Crippen LogP contribution in [0.4, 0.5) is 17.1 Å². The minimum absolute atomic E-state index is 0.860. The fourth-order valence-electron chi connectivity index (χ4n) is 10.3. The second-order valence-corrected chi connectivity index (χ2v) is 17.2. The topological polar surface area (TPSA) is 16.4 Å². The predicted octanol–water partition coefficient (Wildman–Crippen LogP) is 18.3. The highest BCUT2D eigenvalue weighted by Crippen LogP contribution is 2.49. The van der Waals surface area contributed by atoms with Gasteiger partial charge in [0, 0.05) is 22.2 Å². The van der Waals surface area contributed by atoms with Gasteiger partial charge >= 0.3 is 0 Å². The SMILES string of the molecule is c1ccc(-c2ccc(-c3ccccc3N(c3ccc(-c4ccc5c6ccccc6c6ccccc6c5c4)cc3)c3ccc(-c4ccc5ccccc5c4)c4oc5ccccc5c34)cc2)cc1. The van der Waals surface area contributed by atoms with Crippen molar-refractivity contribution in [2.45, 2.75) is 0 Å². The Morgan fingerprint density at radius 2 is 0.803 bits per heavy atom. The quantitative estimate of drug-likeness (QED) is 0.149. The molecule has 2 nitrogen and oxygen atoms in total. The summed E-state index contributed by atoms with van der Waals surface area (Å²) in [7, 11) is 0. The molecule has 12 aromatic carbocycles. The summed E-state index contributed by atoms with van der Waals surface area (Å²) in [5.41, 5.74) is 14.1. The van der Waals surface area contributed by atoms with Crippen LogP contribution in [0.3, 0.4) is 0 Å². The summed E-state index contributed by atoms with van der Waals surface area (Å²) >= 11 is 0. The van der Waals surface area contributed by atoms with Crippen LogP contribution in [0, 0.1) is 0 Å². The first kappa shape index (κ1) is 37.8. The minimum atomic E-state index is 0.860. The van der Waals surface area contributed by atoms with Crippen LogP contribution in [-0.2, 0) is 0 Å². The number of para-hydroxylation sites is 2. The molecule has 0 bridgehead atoms. The van der Waals surface area contributed by atoms with E-state index in [1.165, 1.54) is 59.8 Å². The highest BCUT2D eigenvalue weighted by Gasteiger charge is 2.24. The molecule has 0 fully saturated rings. The van der Waals surface area contributed by atoms with E-state index >= 15 is 0 Å². The van der Waals surface area contributed by atoms with Gasteiger partial charge in [0.05, 0.1) is 16.8 Å². The van der Waals surface area contributed by atoms with Gasteiger partial charge in [-0.15, -0.1) is 0 Å². The lowest BCUT2D eigenvalue weighted by Gasteiger charge is -2.29. The number of benzene rings is 12. The maximum absolute atomic E-state index is 6.93. The summed E-state index contributed by atoms with van der Waals surface area (Å²) in [5.74, 6) is 0. The van der Waals surface area contributed by atoms with Gasteiger partial charge in [-0.25, -0.2) is 0 Å². The molecule has 308 valence electrons. The van der Waals surface area contributed by atoms with Crippen molar-refractivity contribution < 1.29 is 4.42 Å². The molecule has 13 aromatic rings. The Labute approximate surface area is 382 Å². The van der Waals surface area contributed by atoms with E-state index in [0.717, 1.165) is 66.8 Å². The van der Waals surface area contributed by atoms with Crippen molar-refractivity contribution in [2.24, 2.45) is 0 Å². The molecule has 0 atom stereocenters. The van der Waals surface area contributed by atoms with E-state index < -0.39 is 0 Å². The van der Waals surface area contributed by atoms with Gasteiger partial charge < -0.3 is 9.32 Å². The number of fused-ring (bicyclic) bond motifs is 10. The van der Waals surface area contributed by atoms with Crippen LogP contribution in [0.1, 0.15) is 0 Å². The van der Waals surface area contributed by atoms with E-state index in [2.05, 4.69) is 254 Å². The molecule has 0 saturated heterocycles. The van der Waals surface area contributed by atoms with Crippen LogP contribution in [0.5, 0.6) is 0 Å². The largest absolute Gasteiger partial charge is 0.455 e. The highest BCUT2D eigenvalue weighted by molar-refractivity contribution is 6.26. The molecule has 66 heavy (non-hydrogen) atoms. The molecule has 0 spiro atoms. The summed E-state index contributed by atoms with van der Waals surface area (Å²) in [5, 5.41) is 12.2. The maximum Gasteiger partial charge on any atom is 0.145 e. The average Bonchev–Trinajstić information content (AvgIpc) is 3.79. The monoisotopic (exact) mass is 839 g/mol. The molecule has 0 saturated carbocycles. The van der Waals surface area contributed by atoms with Crippen LogP contribution >= 0.6 is 0 Å². The Kier molecular flexibility index (Phi) is 8.89. The van der Waals surface area contributed by atoms with E-state index in [9.17, 15) is 0 Å². The molecule has 1 heterocycles. The van der Waals surface area contributed by atoms with Crippen molar-refractivity contribution in [3.8, 4) is 44.5 Å². The molecular formula is C64H41NO. The van der Waals surface area contributed by atoms with Crippen molar-refractivity contribution in [3.05, 3.63) is 249 Å². The number of furan rings is 1. The van der Waals surface area contributed by atoms with E-state index in [1.807, 2.05) is 0 Å². The Morgan fingerprint density at radius 3 is 1.56 bits per heavy atom. The summed E-state index contributed by atoms with van der Waals surface area (Å²) in [6, 6.07) is 90.2. The van der Waals surface area contributed by atoms with Gasteiger partial charge in [-0.05, 0) is 125 Å². The highest BCUT2D eigenvalue weighted by atomic mass is 16.3. The zero-order valence-electron chi connectivity index (χ0n) is 36.0. The van der Waals surface area contributed by atoms with Crippen molar-refractivity contribution in [2.75, 3.05) is 4.90 Å². The van der Waals surface area contributed by atoms with Crippen LogP contribution in [-0.4, -0.2) is 0 Å². The van der Waals surface area contributed by atoms with Crippen LogP contribution < -0.4 is 4.90 Å². The molecule has 1 aromatic heterocycles. The van der Waals surface area contributed by atoms with Gasteiger partial charge in [0.25, 0.3) is 0 Å². The van der Waals surface area contributed by atoms with Crippen molar-refractivity contribution >= 4 is 82.1 Å². The Bertz CT molecular complexity index is 3940. The number of nitrogens with zero attached hydrogens (tertiary/aromatic N) is 1. The zero-order chi connectivity index (χ0) is 43.6. The van der Waals surface area contributed by atoms with Crippen LogP contribution in [0.15, 0.2) is 253 Å². The predicted molar refractivity (Wildman–Crippen MR) is 280 cm³/mol. The van der Waals surface area contributed by atoms with Crippen LogP contribution in [0.25, 0.3) is 110 Å². The average molecular weight is 840 g/mol. The molecule has 0 radical (unpaired) electrons. The number of rotatable bonds is 7. The number of hydrogen-bond donors (Lipinski definition) is 0. The first-order valence-corrected chi connectivity index (χ1v) is 22.7. The molecule has 0 aliphatic rings. The molecule has 0 N–H and O–H groups in total. The second kappa shape index (κ2) is 15.5. The van der Waals surface area contributed by atoms with Crippen molar-refractivity contribution in [1.29, 1.82) is 0 Å². The summed E-state index contributed by atoms with van der Waals surface area (Å²) in [6.45, 7) is 0. The number of anilines is 3. The minimum Gasteiger partial charge on any atom is -0.455 e. The third-order valence-corrected chi connectivity index (χ3v) is 13.5. The van der Waals surface area contributed by atoms with Gasteiger partial charge in [0.1, 0.15) is 11.2 Å². The Balaban J connectivity index is 1.00. The molecule has 0 aliphatic heterocycles. The number of hydrogen-bond acceptors (Lipinski definition) is 2. The molecule has 2 heteroatoms. The molecule has 0 unspecified atom stereocenters. The smallest absolute Gasteiger partial charge is 0.145 e. The summed E-state index contributed by atoms with van der Waals surface area (Å²) in [6.07, 6.45) is 0. The van der Waals surface area contributed by atoms with Crippen molar-refractivity contribution in [3.63, 3.8) is 0 Å². The Hall–Kier alpha value is -8.72. The standard InChI is InChI=1S/C64H41NO/c1-2-14-42(15-3-1)44-26-29-46(30-27-44)51-18-10-12-24-60(51)65(61-39-38-52(49-31-28-43-16-4-5-17-47(43)40-49)64-63(61)58-23-11-13-25-62(58)66-64)50-35-32-45(33-36-50)48-34-37-57-55-21-7-6-19-53(55)54-20-8-9-22-56(54)59(57)41-48/h1-41H. The van der Waals surface area contributed by atoms with E-state index in [1.54, 1.807) is 0 Å². The van der Waals surface area contributed by atoms with Crippen molar-refractivity contribution in [1.82, 2.24) is 0 Å². The van der Waals surface area contributed by atoms with Gasteiger partial charge in [-0.2, -0.15) is 0 Å². The second-order valence-electron chi connectivity index (χ2n) is 17.2. The normalized spacial score (nSPS) is 11.6. The summed E-state index contributed by atoms with van der Waals surface area (Å²) in [4.78, 5) is 2.43. The summed E-state index contributed by atoms with van der Waals surface area (Å²) < 4.78 is 6.93. The molecule has 0 amide bonds.